The van der Waals surface area contributed by atoms with Crippen molar-refractivity contribution in [3.63, 3.8) is 0 Å². The molecule has 19 heavy (non-hydrogen) atoms. The molecule has 2 nitrogen and oxygen atoms in total. The smallest absolute Gasteiger partial charge is 0.128 e. The van der Waals surface area contributed by atoms with Crippen molar-refractivity contribution in [2.45, 2.75) is 18.4 Å². The molecular weight excluding hydrogens is 239 g/mol. The van der Waals surface area contributed by atoms with Crippen molar-refractivity contribution in [3.8, 4) is 0 Å². The van der Waals surface area contributed by atoms with Gasteiger partial charge in [-0.25, -0.2) is 4.39 Å². The van der Waals surface area contributed by atoms with Crippen LogP contribution in [0.25, 0.3) is 0 Å². The van der Waals surface area contributed by atoms with Gasteiger partial charge in [0, 0.05) is 36.5 Å². The van der Waals surface area contributed by atoms with Crippen molar-refractivity contribution in [2.75, 3.05) is 13.1 Å². The van der Waals surface area contributed by atoms with Crippen molar-refractivity contribution < 1.29 is 4.39 Å². The summed E-state index contributed by atoms with van der Waals surface area (Å²) in [5.41, 5.74) is 2.18. The van der Waals surface area contributed by atoms with Crippen LogP contribution in [0.2, 0.25) is 0 Å². The second-order valence-electron chi connectivity index (χ2n) is 5.85. The summed E-state index contributed by atoms with van der Waals surface area (Å²) in [6.07, 6.45) is 5.14. The predicted molar refractivity (Wildman–Crippen MR) is 72.6 cm³/mol. The fourth-order valence-electron chi connectivity index (χ4n) is 3.45. The molecule has 1 saturated carbocycles. The summed E-state index contributed by atoms with van der Waals surface area (Å²) < 4.78 is 16.2. The number of fused-ring (bicyclic) bond motifs is 1. The number of nitrogens with zero attached hydrogens (tertiary/aromatic N) is 1. The van der Waals surface area contributed by atoms with E-state index in [4.69, 9.17) is 0 Å². The third-order valence-corrected chi connectivity index (χ3v) is 4.71. The molecule has 1 aromatic heterocycles. The SMILES string of the molecule is Fc1cc(C23CNCC2C3)ccc1Cn1cccc1. The number of rotatable bonds is 3. The van der Waals surface area contributed by atoms with E-state index >= 15 is 0 Å². The summed E-state index contributed by atoms with van der Waals surface area (Å²) in [5, 5.41) is 3.40. The van der Waals surface area contributed by atoms with E-state index < -0.39 is 0 Å². The summed E-state index contributed by atoms with van der Waals surface area (Å²) >= 11 is 0. The topological polar surface area (TPSA) is 17.0 Å². The Morgan fingerprint density at radius 3 is 2.79 bits per heavy atom. The third-order valence-electron chi connectivity index (χ3n) is 4.71. The van der Waals surface area contributed by atoms with Crippen molar-refractivity contribution >= 4 is 0 Å². The molecule has 98 valence electrons. The second kappa shape index (κ2) is 3.94. The van der Waals surface area contributed by atoms with Crippen molar-refractivity contribution in [2.24, 2.45) is 5.92 Å². The minimum atomic E-state index is -0.0712. The maximum absolute atomic E-state index is 14.3. The number of halogens is 1. The minimum Gasteiger partial charge on any atom is -0.350 e. The number of piperidine rings is 1. The van der Waals surface area contributed by atoms with Gasteiger partial charge < -0.3 is 9.88 Å². The zero-order valence-electron chi connectivity index (χ0n) is 10.8. The Bertz CT molecular complexity index is 605. The van der Waals surface area contributed by atoms with E-state index in [2.05, 4.69) is 11.4 Å². The minimum absolute atomic E-state index is 0.0712. The first-order valence-corrected chi connectivity index (χ1v) is 6.88. The average molecular weight is 256 g/mol. The van der Waals surface area contributed by atoms with E-state index in [9.17, 15) is 4.39 Å². The zero-order chi connectivity index (χ0) is 12.9. The van der Waals surface area contributed by atoms with Gasteiger partial charge in [-0.15, -0.1) is 0 Å². The first-order chi connectivity index (χ1) is 9.28. The number of benzene rings is 1. The Hall–Kier alpha value is -1.61. The molecule has 4 rings (SSSR count). The second-order valence-corrected chi connectivity index (χ2v) is 5.85. The van der Waals surface area contributed by atoms with Gasteiger partial charge in [0.25, 0.3) is 0 Å². The molecule has 0 spiro atoms. The van der Waals surface area contributed by atoms with Crippen LogP contribution >= 0.6 is 0 Å². The van der Waals surface area contributed by atoms with E-state index in [0.29, 0.717) is 6.54 Å². The number of hydrogen-bond donors (Lipinski definition) is 1. The van der Waals surface area contributed by atoms with Crippen molar-refractivity contribution in [3.05, 3.63) is 59.7 Å². The lowest BCUT2D eigenvalue weighted by atomic mass is 9.94. The predicted octanol–water partition coefficient (Wildman–Crippen LogP) is 2.54. The first kappa shape index (κ1) is 11.2. The average Bonchev–Trinajstić information content (AvgIpc) is 2.82. The molecule has 0 bridgehead atoms. The molecule has 0 amide bonds. The highest BCUT2D eigenvalue weighted by molar-refractivity contribution is 5.39. The first-order valence-electron chi connectivity index (χ1n) is 6.88. The van der Waals surface area contributed by atoms with E-state index in [0.717, 1.165) is 24.6 Å². The van der Waals surface area contributed by atoms with Crippen LogP contribution in [-0.4, -0.2) is 17.7 Å². The zero-order valence-corrected chi connectivity index (χ0v) is 10.8. The summed E-state index contributed by atoms with van der Waals surface area (Å²) in [4.78, 5) is 0. The fraction of sp³-hybridized carbons (Fsp3) is 0.375. The van der Waals surface area contributed by atoms with Crippen molar-refractivity contribution in [1.29, 1.82) is 0 Å². The fourth-order valence-corrected chi connectivity index (χ4v) is 3.45. The van der Waals surface area contributed by atoms with Gasteiger partial charge in [0.05, 0.1) is 0 Å². The Morgan fingerprint density at radius 1 is 1.32 bits per heavy atom. The summed E-state index contributed by atoms with van der Waals surface area (Å²) in [7, 11) is 0. The highest BCUT2D eigenvalue weighted by atomic mass is 19.1. The largest absolute Gasteiger partial charge is 0.350 e. The van der Waals surface area contributed by atoms with Gasteiger partial charge in [-0.2, -0.15) is 0 Å². The molecule has 2 aliphatic rings. The molecule has 3 heteroatoms. The molecule has 1 saturated heterocycles. The normalized spacial score (nSPS) is 28.4. The van der Waals surface area contributed by atoms with Crippen molar-refractivity contribution in [1.82, 2.24) is 9.88 Å². The van der Waals surface area contributed by atoms with Crippen LogP contribution in [0.4, 0.5) is 4.39 Å². The molecular formula is C16H17FN2. The summed E-state index contributed by atoms with van der Waals surface area (Å²) in [5.74, 6) is 0.653. The van der Waals surface area contributed by atoms with Gasteiger partial charge >= 0.3 is 0 Å². The molecule has 1 N–H and O–H groups in total. The van der Waals surface area contributed by atoms with Crippen LogP contribution in [0.15, 0.2) is 42.7 Å². The highest BCUT2D eigenvalue weighted by Crippen LogP contribution is 2.56. The van der Waals surface area contributed by atoms with Crippen LogP contribution in [0, 0.1) is 11.7 Å². The number of hydrogen-bond acceptors (Lipinski definition) is 1. The maximum Gasteiger partial charge on any atom is 0.128 e. The van der Waals surface area contributed by atoms with Crippen LogP contribution in [-0.2, 0) is 12.0 Å². The molecule has 2 aromatic rings. The third kappa shape index (κ3) is 1.72. The monoisotopic (exact) mass is 256 g/mol. The van der Waals surface area contributed by atoms with E-state index in [1.54, 1.807) is 6.07 Å². The molecule has 1 aromatic carbocycles. The Morgan fingerprint density at radius 2 is 2.16 bits per heavy atom. The standard InChI is InChI=1S/C16H17FN2/c17-15-7-13(16-8-14(16)9-18-11-16)4-3-12(15)10-19-5-1-2-6-19/h1-7,14,18H,8-11H2. The Labute approximate surface area is 112 Å². The maximum atomic E-state index is 14.3. The molecule has 2 heterocycles. The molecule has 2 unspecified atom stereocenters. The molecule has 0 radical (unpaired) electrons. The van der Waals surface area contributed by atoms with Gasteiger partial charge in [0.15, 0.2) is 0 Å². The quantitative estimate of drug-likeness (QED) is 0.893. The lowest BCUT2D eigenvalue weighted by Crippen LogP contribution is -2.19. The summed E-state index contributed by atoms with van der Waals surface area (Å²) in [6.45, 7) is 2.70. The lowest BCUT2D eigenvalue weighted by molar-refractivity contribution is 0.590. The van der Waals surface area contributed by atoms with Gasteiger partial charge in [0.2, 0.25) is 0 Å². The Balaban J connectivity index is 1.62. The van der Waals surface area contributed by atoms with Crippen LogP contribution in [0.1, 0.15) is 17.5 Å². The van der Waals surface area contributed by atoms with Gasteiger partial charge in [-0.05, 0) is 42.6 Å². The van der Waals surface area contributed by atoms with Gasteiger partial charge in [-0.1, -0.05) is 12.1 Å². The number of aromatic nitrogens is 1. The van der Waals surface area contributed by atoms with E-state index in [1.807, 2.05) is 35.2 Å². The van der Waals surface area contributed by atoms with E-state index in [-0.39, 0.29) is 11.2 Å². The van der Waals surface area contributed by atoms with E-state index in [1.165, 1.54) is 12.0 Å². The Kier molecular flexibility index (Phi) is 2.33. The van der Waals surface area contributed by atoms with Crippen LogP contribution in [0.5, 0.6) is 0 Å². The lowest BCUT2D eigenvalue weighted by Gasteiger charge is -2.14. The number of nitrogens with one attached hydrogen (secondary N) is 1. The molecule has 2 fully saturated rings. The van der Waals surface area contributed by atoms with Gasteiger partial charge in [0.1, 0.15) is 5.82 Å². The molecule has 1 aliphatic heterocycles. The van der Waals surface area contributed by atoms with Crippen LogP contribution < -0.4 is 5.32 Å². The molecule has 1 aliphatic carbocycles. The van der Waals surface area contributed by atoms with Crippen LogP contribution in [0.3, 0.4) is 0 Å². The summed E-state index contributed by atoms with van der Waals surface area (Å²) in [6, 6.07) is 9.75. The molecule has 2 atom stereocenters. The van der Waals surface area contributed by atoms with Gasteiger partial charge in [-0.3, -0.25) is 0 Å². The highest BCUT2D eigenvalue weighted by Gasteiger charge is 2.58.